The van der Waals surface area contributed by atoms with Crippen LogP contribution >= 0.6 is 11.3 Å². The first-order chi connectivity index (χ1) is 9.79. The molecule has 6 nitrogen and oxygen atoms in total. The minimum Gasteiger partial charge on any atom is -0.409 e. The standard InChI is InChI=1S/C13H15N5OS/c14-12(17-19)11-13(16-6-5-15-11)18(9-3-4-9)8-10-2-1-7-20-10/h1-2,5-7,9,19H,3-4,8H2,(H2,14,17). The molecule has 0 unspecified atom stereocenters. The maximum Gasteiger partial charge on any atom is 0.192 e. The lowest BCUT2D eigenvalue weighted by Crippen LogP contribution is -2.29. The molecule has 0 amide bonds. The quantitative estimate of drug-likeness (QED) is 0.379. The highest BCUT2D eigenvalue weighted by Crippen LogP contribution is 2.33. The van der Waals surface area contributed by atoms with Gasteiger partial charge < -0.3 is 15.8 Å². The van der Waals surface area contributed by atoms with Gasteiger partial charge in [0.15, 0.2) is 17.3 Å². The summed E-state index contributed by atoms with van der Waals surface area (Å²) in [6.07, 6.45) is 5.45. The van der Waals surface area contributed by atoms with Crippen molar-refractivity contribution in [3.05, 3.63) is 40.5 Å². The van der Waals surface area contributed by atoms with Gasteiger partial charge in [-0.15, -0.1) is 11.3 Å². The molecule has 1 saturated carbocycles. The van der Waals surface area contributed by atoms with Gasteiger partial charge in [0.1, 0.15) is 0 Å². The summed E-state index contributed by atoms with van der Waals surface area (Å²) in [7, 11) is 0. The summed E-state index contributed by atoms with van der Waals surface area (Å²) in [5.74, 6) is 0.670. The Balaban J connectivity index is 1.95. The average molecular weight is 289 g/mol. The van der Waals surface area contributed by atoms with Crippen molar-refractivity contribution in [2.45, 2.75) is 25.4 Å². The first-order valence-electron chi connectivity index (χ1n) is 6.37. The second-order valence-electron chi connectivity index (χ2n) is 4.65. The molecule has 20 heavy (non-hydrogen) atoms. The fourth-order valence-electron chi connectivity index (χ4n) is 2.10. The third-order valence-corrected chi connectivity index (χ3v) is 4.06. The van der Waals surface area contributed by atoms with Crippen molar-refractivity contribution in [3.8, 4) is 0 Å². The lowest BCUT2D eigenvalue weighted by molar-refractivity contribution is 0.318. The van der Waals surface area contributed by atoms with Crippen LogP contribution in [0.15, 0.2) is 35.1 Å². The number of hydrogen-bond donors (Lipinski definition) is 2. The van der Waals surface area contributed by atoms with E-state index < -0.39 is 0 Å². The summed E-state index contributed by atoms with van der Waals surface area (Å²) >= 11 is 1.71. The van der Waals surface area contributed by atoms with Crippen LogP contribution in [0.25, 0.3) is 0 Å². The van der Waals surface area contributed by atoms with Crippen LogP contribution in [-0.2, 0) is 6.54 Å². The van der Waals surface area contributed by atoms with Gasteiger partial charge >= 0.3 is 0 Å². The molecular weight excluding hydrogens is 274 g/mol. The highest BCUT2D eigenvalue weighted by atomic mass is 32.1. The molecule has 0 spiro atoms. The SMILES string of the molecule is NC(=NO)c1nccnc1N(Cc1cccs1)C1CC1. The van der Waals surface area contributed by atoms with Gasteiger partial charge in [0.05, 0.1) is 6.54 Å². The summed E-state index contributed by atoms with van der Waals surface area (Å²) in [6, 6.07) is 4.59. The first-order valence-corrected chi connectivity index (χ1v) is 7.25. The zero-order chi connectivity index (χ0) is 13.9. The van der Waals surface area contributed by atoms with E-state index in [0.717, 1.165) is 19.4 Å². The Morgan fingerprint density at radius 2 is 2.25 bits per heavy atom. The number of hydrogen-bond acceptors (Lipinski definition) is 6. The van der Waals surface area contributed by atoms with Crippen molar-refractivity contribution in [3.63, 3.8) is 0 Å². The van der Waals surface area contributed by atoms with E-state index in [9.17, 15) is 0 Å². The monoisotopic (exact) mass is 289 g/mol. The molecule has 2 heterocycles. The van der Waals surface area contributed by atoms with E-state index in [-0.39, 0.29) is 5.84 Å². The van der Waals surface area contributed by atoms with Crippen molar-refractivity contribution in [2.75, 3.05) is 4.90 Å². The van der Waals surface area contributed by atoms with Crippen LogP contribution in [-0.4, -0.2) is 27.1 Å². The Kier molecular flexibility index (Phi) is 3.51. The van der Waals surface area contributed by atoms with Crippen LogP contribution < -0.4 is 10.6 Å². The topological polar surface area (TPSA) is 87.6 Å². The van der Waals surface area contributed by atoms with Gasteiger partial charge in [-0.05, 0) is 24.3 Å². The van der Waals surface area contributed by atoms with Gasteiger partial charge in [0, 0.05) is 23.3 Å². The molecule has 0 bridgehead atoms. The molecule has 0 radical (unpaired) electrons. The van der Waals surface area contributed by atoms with Crippen LogP contribution in [0.3, 0.4) is 0 Å². The Morgan fingerprint density at radius 1 is 1.45 bits per heavy atom. The summed E-state index contributed by atoms with van der Waals surface area (Å²) in [6.45, 7) is 0.771. The summed E-state index contributed by atoms with van der Waals surface area (Å²) < 4.78 is 0. The molecule has 1 aliphatic carbocycles. The highest BCUT2D eigenvalue weighted by Gasteiger charge is 2.32. The molecule has 3 N–H and O–H groups in total. The molecular formula is C13H15N5OS. The zero-order valence-electron chi connectivity index (χ0n) is 10.8. The number of aromatic nitrogens is 2. The largest absolute Gasteiger partial charge is 0.409 e. The van der Waals surface area contributed by atoms with Crippen LogP contribution in [0.4, 0.5) is 5.82 Å². The number of amidine groups is 1. The minimum absolute atomic E-state index is 0.00932. The van der Waals surface area contributed by atoms with E-state index in [0.29, 0.717) is 17.6 Å². The van der Waals surface area contributed by atoms with Crippen LogP contribution in [0, 0.1) is 0 Å². The molecule has 0 aromatic carbocycles. The Labute approximate surface area is 120 Å². The highest BCUT2D eigenvalue weighted by molar-refractivity contribution is 7.09. The molecule has 0 atom stereocenters. The minimum atomic E-state index is -0.00932. The normalized spacial score (nSPS) is 15.3. The fourth-order valence-corrected chi connectivity index (χ4v) is 2.81. The van der Waals surface area contributed by atoms with Gasteiger partial charge in [-0.2, -0.15) is 0 Å². The maximum absolute atomic E-state index is 8.88. The third-order valence-electron chi connectivity index (χ3n) is 3.20. The Hall–Kier alpha value is -2.15. The van der Waals surface area contributed by atoms with E-state index in [2.05, 4.69) is 31.5 Å². The first kappa shape index (κ1) is 12.9. The van der Waals surface area contributed by atoms with Crippen molar-refractivity contribution in [1.29, 1.82) is 0 Å². The van der Waals surface area contributed by atoms with Crippen LogP contribution in [0.1, 0.15) is 23.4 Å². The number of rotatable bonds is 5. The lowest BCUT2D eigenvalue weighted by atomic mass is 10.3. The summed E-state index contributed by atoms with van der Waals surface area (Å²) in [5, 5.41) is 14.0. The van der Waals surface area contributed by atoms with Gasteiger partial charge in [0.2, 0.25) is 0 Å². The predicted molar refractivity (Wildman–Crippen MR) is 78.1 cm³/mol. The predicted octanol–water partition coefficient (Wildman–Crippen LogP) is 1.80. The maximum atomic E-state index is 8.88. The molecule has 3 rings (SSSR count). The number of nitrogens with two attached hydrogens (primary N) is 1. The zero-order valence-corrected chi connectivity index (χ0v) is 11.6. The number of thiophene rings is 1. The van der Waals surface area contributed by atoms with E-state index in [1.807, 2.05) is 6.07 Å². The van der Waals surface area contributed by atoms with Gasteiger partial charge in [-0.3, -0.25) is 0 Å². The second kappa shape index (κ2) is 5.46. The molecule has 1 aliphatic rings. The second-order valence-corrected chi connectivity index (χ2v) is 5.68. The Morgan fingerprint density at radius 3 is 2.90 bits per heavy atom. The van der Waals surface area contributed by atoms with E-state index in [4.69, 9.17) is 10.9 Å². The molecule has 104 valence electrons. The third kappa shape index (κ3) is 2.57. The van der Waals surface area contributed by atoms with Gasteiger partial charge in [-0.25, -0.2) is 9.97 Å². The van der Waals surface area contributed by atoms with Gasteiger partial charge in [-0.1, -0.05) is 11.2 Å². The van der Waals surface area contributed by atoms with Crippen LogP contribution in [0.2, 0.25) is 0 Å². The number of oxime groups is 1. The number of anilines is 1. The molecule has 0 saturated heterocycles. The molecule has 2 aromatic heterocycles. The lowest BCUT2D eigenvalue weighted by Gasteiger charge is -2.24. The molecule has 2 aromatic rings. The smallest absolute Gasteiger partial charge is 0.192 e. The van der Waals surface area contributed by atoms with Crippen molar-refractivity contribution < 1.29 is 5.21 Å². The van der Waals surface area contributed by atoms with E-state index in [1.54, 1.807) is 23.7 Å². The fraction of sp³-hybridized carbons (Fsp3) is 0.308. The molecule has 1 fully saturated rings. The average Bonchev–Trinajstić information content (AvgIpc) is 3.20. The van der Waals surface area contributed by atoms with Gasteiger partial charge in [0.25, 0.3) is 0 Å². The van der Waals surface area contributed by atoms with Crippen molar-refractivity contribution >= 4 is 23.0 Å². The van der Waals surface area contributed by atoms with Crippen molar-refractivity contribution in [1.82, 2.24) is 9.97 Å². The summed E-state index contributed by atoms with van der Waals surface area (Å²) in [4.78, 5) is 12.0. The van der Waals surface area contributed by atoms with E-state index in [1.165, 1.54) is 4.88 Å². The molecule has 0 aliphatic heterocycles. The van der Waals surface area contributed by atoms with Crippen molar-refractivity contribution in [2.24, 2.45) is 10.9 Å². The van der Waals surface area contributed by atoms with Crippen LogP contribution in [0.5, 0.6) is 0 Å². The van der Waals surface area contributed by atoms with E-state index >= 15 is 0 Å². The molecule has 7 heteroatoms. The number of nitrogens with zero attached hydrogens (tertiary/aromatic N) is 4. The Bertz CT molecular complexity index is 609. The summed E-state index contributed by atoms with van der Waals surface area (Å²) in [5.41, 5.74) is 6.13.